The molecular formula is C23H29N3O4S. The van der Waals surface area contributed by atoms with Gasteiger partial charge in [-0.2, -0.15) is 0 Å². The third-order valence-electron chi connectivity index (χ3n) is 4.85. The van der Waals surface area contributed by atoms with Gasteiger partial charge in [-0.25, -0.2) is 0 Å². The first kappa shape index (κ1) is 24.4. The topological polar surface area (TPSA) is 92.6 Å². The Kier molecular flexibility index (Phi) is 9.52. The zero-order valence-corrected chi connectivity index (χ0v) is 19.0. The van der Waals surface area contributed by atoms with Gasteiger partial charge in [-0.15, -0.1) is 11.8 Å². The van der Waals surface area contributed by atoms with Gasteiger partial charge >= 0.3 is 0 Å². The smallest absolute Gasteiger partial charge is 0.269 e. The van der Waals surface area contributed by atoms with Crippen LogP contribution in [0.15, 0.2) is 48.5 Å². The van der Waals surface area contributed by atoms with Crippen LogP contribution in [0, 0.1) is 17.0 Å². The van der Waals surface area contributed by atoms with Gasteiger partial charge in [0.15, 0.2) is 0 Å². The van der Waals surface area contributed by atoms with Crippen LogP contribution in [0.2, 0.25) is 0 Å². The van der Waals surface area contributed by atoms with Crippen LogP contribution in [0.25, 0.3) is 0 Å². The highest BCUT2D eigenvalue weighted by Gasteiger charge is 2.28. The number of nitro groups is 1. The standard InChI is InChI=1S/C23H29N3O4S/c1-4-21(23(28)24-5-2)25(14-18-8-6-17(3)7-9-18)22(27)16-31-15-19-10-12-20(13-11-19)26(29)30/h6-13,21H,4-5,14-16H2,1-3H3,(H,24,28). The van der Waals surface area contributed by atoms with Crippen molar-refractivity contribution in [3.05, 3.63) is 75.3 Å². The van der Waals surface area contributed by atoms with Gasteiger partial charge in [-0.3, -0.25) is 19.7 Å². The summed E-state index contributed by atoms with van der Waals surface area (Å²) >= 11 is 1.43. The predicted molar refractivity (Wildman–Crippen MR) is 124 cm³/mol. The molecular weight excluding hydrogens is 414 g/mol. The molecule has 31 heavy (non-hydrogen) atoms. The summed E-state index contributed by atoms with van der Waals surface area (Å²) in [5, 5.41) is 13.6. The molecule has 1 unspecified atom stereocenters. The maximum atomic E-state index is 13.1. The molecule has 0 saturated heterocycles. The van der Waals surface area contributed by atoms with Crippen molar-refractivity contribution < 1.29 is 14.5 Å². The van der Waals surface area contributed by atoms with E-state index < -0.39 is 11.0 Å². The van der Waals surface area contributed by atoms with Gasteiger partial charge in [0.25, 0.3) is 5.69 Å². The number of benzene rings is 2. The lowest BCUT2D eigenvalue weighted by atomic mass is 10.1. The number of likely N-dealkylation sites (N-methyl/N-ethyl adjacent to an activating group) is 1. The second kappa shape index (κ2) is 12.1. The number of non-ortho nitro benzene ring substituents is 1. The van der Waals surface area contributed by atoms with E-state index in [2.05, 4.69) is 5.32 Å². The Morgan fingerprint density at radius 2 is 1.68 bits per heavy atom. The van der Waals surface area contributed by atoms with Crippen molar-refractivity contribution in [1.29, 1.82) is 0 Å². The van der Waals surface area contributed by atoms with Crippen LogP contribution in [-0.4, -0.2) is 40.0 Å². The van der Waals surface area contributed by atoms with E-state index in [-0.39, 0.29) is 23.3 Å². The number of amides is 2. The molecule has 2 aromatic rings. The summed E-state index contributed by atoms with van der Waals surface area (Å²) in [4.78, 5) is 37.7. The molecule has 2 rings (SSSR count). The average Bonchev–Trinajstić information content (AvgIpc) is 2.75. The van der Waals surface area contributed by atoms with Crippen molar-refractivity contribution >= 4 is 29.3 Å². The Balaban J connectivity index is 2.07. The summed E-state index contributed by atoms with van der Waals surface area (Å²) in [6.45, 7) is 6.64. The number of hydrogen-bond acceptors (Lipinski definition) is 5. The van der Waals surface area contributed by atoms with Gasteiger partial charge < -0.3 is 10.2 Å². The minimum Gasteiger partial charge on any atom is -0.355 e. The van der Waals surface area contributed by atoms with Gasteiger partial charge in [-0.05, 0) is 31.4 Å². The molecule has 0 saturated carbocycles. The minimum atomic E-state index is -0.534. The predicted octanol–water partition coefficient (Wildman–Crippen LogP) is 4.08. The summed E-state index contributed by atoms with van der Waals surface area (Å²) in [7, 11) is 0. The molecule has 0 bridgehead atoms. The Labute approximate surface area is 187 Å². The minimum absolute atomic E-state index is 0.0434. The lowest BCUT2D eigenvalue weighted by Crippen LogP contribution is -2.49. The van der Waals surface area contributed by atoms with Crippen molar-refractivity contribution in [2.45, 2.75) is 45.5 Å². The summed E-state index contributed by atoms with van der Waals surface area (Å²) in [6, 6.07) is 13.7. The molecule has 2 aromatic carbocycles. The number of thioether (sulfide) groups is 1. The van der Waals surface area contributed by atoms with Crippen LogP contribution in [0.3, 0.4) is 0 Å². The van der Waals surface area contributed by atoms with Crippen LogP contribution in [-0.2, 0) is 21.9 Å². The molecule has 1 atom stereocenters. The van der Waals surface area contributed by atoms with Gasteiger partial charge in [0, 0.05) is 31.0 Å². The van der Waals surface area contributed by atoms with Gasteiger partial charge in [0.2, 0.25) is 11.8 Å². The van der Waals surface area contributed by atoms with Gasteiger partial charge in [0.05, 0.1) is 10.7 Å². The zero-order valence-electron chi connectivity index (χ0n) is 18.2. The molecule has 0 spiro atoms. The number of hydrogen-bond donors (Lipinski definition) is 1. The molecule has 0 heterocycles. The number of carbonyl (C=O) groups is 2. The molecule has 166 valence electrons. The van der Waals surface area contributed by atoms with Crippen molar-refractivity contribution in [1.82, 2.24) is 10.2 Å². The largest absolute Gasteiger partial charge is 0.355 e. The molecule has 0 aliphatic rings. The third kappa shape index (κ3) is 7.40. The third-order valence-corrected chi connectivity index (χ3v) is 5.84. The second-order valence-corrected chi connectivity index (χ2v) is 8.23. The second-order valence-electron chi connectivity index (χ2n) is 7.24. The van der Waals surface area contributed by atoms with Crippen LogP contribution in [0.1, 0.15) is 37.0 Å². The fourth-order valence-corrected chi connectivity index (χ4v) is 4.03. The number of aryl methyl sites for hydroxylation is 1. The number of carbonyl (C=O) groups excluding carboxylic acids is 2. The highest BCUT2D eigenvalue weighted by Crippen LogP contribution is 2.19. The molecule has 0 aliphatic heterocycles. The molecule has 1 N–H and O–H groups in total. The molecule has 0 aromatic heterocycles. The van der Waals surface area contributed by atoms with Crippen molar-refractivity contribution in [2.75, 3.05) is 12.3 Å². The van der Waals surface area contributed by atoms with E-state index >= 15 is 0 Å². The van der Waals surface area contributed by atoms with E-state index in [1.54, 1.807) is 17.0 Å². The Bertz CT molecular complexity index is 885. The first-order valence-corrected chi connectivity index (χ1v) is 11.4. The maximum absolute atomic E-state index is 13.1. The number of nitro benzene ring substituents is 1. The van der Waals surface area contributed by atoms with Crippen LogP contribution < -0.4 is 5.32 Å². The average molecular weight is 444 g/mol. The first-order valence-electron chi connectivity index (χ1n) is 10.3. The summed E-state index contributed by atoms with van der Waals surface area (Å²) < 4.78 is 0. The summed E-state index contributed by atoms with van der Waals surface area (Å²) in [6.07, 6.45) is 0.524. The normalized spacial score (nSPS) is 11.6. The highest BCUT2D eigenvalue weighted by atomic mass is 32.2. The quantitative estimate of drug-likeness (QED) is 0.417. The van der Waals surface area contributed by atoms with Crippen molar-refractivity contribution in [3.8, 4) is 0 Å². The Hall–Kier alpha value is -2.87. The van der Waals surface area contributed by atoms with E-state index in [4.69, 9.17) is 0 Å². The Morgan fingerprint density at radius 1 is 1.06 bits per heavy atom. The SMILES string of the molecule is CCNC(=O)C(CC)N(Cc1ccc(C)cc1)C(=O)CSCc1ccc([N+](=O)[O-])cc1. The number of nitrogens with one attached hydrogen (secondary N) is 1. The molecule has 0 fully saturated rings. The first-order chi connectivity index (χ1) is 14.8. The van der Waals surface area contributed by atoms with E-state index in [1.807, 2.05) is 45.0 Å². The molecule has 8 heteroatoms. The van der Waals surface area contributed by atoms with E-state index in [9.17, 15) is 19.7 Å². The van der Waals surface area contributed by atoms with Crippen LogP contribution in [0.5, 0.6) is 0 Å². The van der Waals surface area contributed by atoms with E-state index in [0.29, 0.717) is 25.3 Å². The fraction of sp³-hybridized carbons (Fsp3) is 0.391. The lowest BCUT2D eigenvalue weighted by molar-refractivity contribution is -0.384. The molecule has 2 amide bonds. The van der Waals surface area contributed by atoms with Gasteiger partial charge in [0.1, 0.15) is 6.04 Å². The van der Waals surface area contributed by atoms with E-state index in [0.717, 1.165) is 16.7 Å². The number of rotatable bonds is 11. The Morgan fingerprint density at radius 3 is 2.23 bits per heavy atom. The molecule has 0 aliphatic carbocycles. The fourth-order valence-electron chi connectivity index (χ4n) is 3.15. The van der Waals surface area contributed by atoms with Crippen LogP contribution >= 0.6 is 11.8 Å². The van der Waals surface area contributed by atoms with Crippen molar-refractivity contribution in [2.24, 2.45) is 0 Å². The molecule has 0 radical (unpaired) electrons. The zero-order chi connectivity index (χ0) is 22.8. The summed E-state index contributed by atoms with van der Waals surface area (Å²) in [5.41, 5.74) is 3.06. The monoisotopic (exact) mass is 443 g/mol. The number of nitrogens with zero attached hydrogens (tertiary/aromatic N) is 2. The van der Waals surface area contributed by atoms with E-state index in [1.165, 1.54) is 23.9 Å². The van der Waals surface area contributed by atoms with Crippen LogP contribution in [0.4, 0.5) is 5.69 Å². The summed E-state index contributed by atoms with van der Waals surface area (Å²) in [5.74, 6) is 0.523. The lowest BCUT2D eigenvalue weighted by Gasteiger charge is -2.30. The maximum Gasteiger partial charge on any atom is 0.269 e. The van der Waals surface area contributed by atoms with Crippen molar-refractivity contribution in [3.63, 3.8) is 0 Å². The van der Waals surface area contributed by atoms with Gasteiger partial charge in [-0.1, -0.05) is 48.9 Å². The highest BCUT2D eigenvalue weighted by molar-refractivity contribution is 7.99. The molecule has 7 nitrogen and oxygen atoms in total.